The fraction of sp³-hybridized carbons (Fsp3) is 1.00. The number of hydrogen-bond donors (Lipinski definition) is 0. The summed E-state index contributed by atoms with van der Waals surface area (Å²) in [4.78, 5) is 2.67. The molecule has 0 amide bonds. The molecule has 0 aromatic carbocycles. The van der Waals surface area contributed by atoms with Crippen LogP contribution in [0, 0.1) is 17.8 Å². The molecule has 0 aromatic rings. The lowest BCUT2D eigenvalue weighted by Crippen LogP contribution is -2.44. The molecular weight excluding hydrogens is 158 g/mol. The van der Waals surface area contributed by atoms with Gasteiger partial charge in [0.05, 0.1) is 0 Å². The van der Waals surface area contributed by atoms with Gasteiger partial charge >= 0.3 is 0 Å². The molecule has 1 aliphatic carbocycles. The van der Waals surface area contributed by atoms with E-state index in [2.05, 4.69) is 18.7 Å². The Kier molecular flexibility index (Phi) is 2.92. The minimum absolute atomic E-state index is 1.01. The molecular formula is C12H23N. The second kappa shape index (κ2) is 4.00. The Labute approximate surface area is 82.5 Å². The molecule has 0 radical (unpaired) electrons. The molecule has 1 heteroatoms. The topological polar surface area (TPSA) is 3.24 Å². The molecule has 1 unspecified atom stereocenters. The molecule has 1 heterocycles. The lowest BCUT2D eigenvalue weighted by Gasteiger charge is -2.40. The van der Waals surface area contributed by atoms with Crippen molar-refractivity contribution in [3.63, 3.8) is 0 Å². The summed E-state index contributed by atoms with van der Waals surface area (Å²) in [6, 6.07) is 0. The van der Waals surface area contributed by atoms with E-state index in [1.807, 2.05) is 0 Å². The van der Waals surface area contributed by atoms with Crippen molar-refractivity contribution in [3.05, 3.63) is 0 Å². The molecule has 2 aliphatic rings. The van der Waals surface area contributed by atoms with Crippen LogP contribution < -0.4 is 0 Å². The second-order valence-electron chi connectivity index (χ2n) is 4.88. The normalized spacial score (nSPS) is 40.6. The molecule has 1 aliphatic heterocycles. The molecule has 0 bridgehead atoms. The summed E-state index contributed by atoms with van der Waals surface area (Å²) >= 11 is 0. The molecule has 13 heavy (non-hydrogen) atoms. The Bertz CT molecular complexity index is 167. The Morgan fingerprint density at radius 3 is 2.69 bits per heavy atom. The van der Waals surface area contributed by atoms with Gasteiger partial charge in [0.25, 0.3) is 0 Å². The first kappa shape index (κ1) is 9.51. The summed E-state index contributed by atoms with van der Waals surface area (Å²) in [5, 5.41) is 0. The maximum Gasteiger partial charge on any atom is 0.00124 e. The van der Waals surface area contributed by atoms with Gasteiger partial charge in [-0.2, -0.15) is 0 Å². The van der Waals surface area contributed by atoms with Crippen molar-refractivity contribution in [2.45, 2.75) is 39.5 Å². The predicted molar refractivity (Wildman–Crippen MR) is 56.7 cm³/mol. The van der Waals surface area contributed by atoms with Crippen LogP contribution in [0.3, 0.4) is 0 Å². The summed E-state index contributed by atoms with van der Waals surface area (Å²) < 4.78 is 0. The number of likely N-dealkylation sites (tertiary alicyclic amines) is 1. The minimum atomic E-state index is 1.01. The van der Waals surface area contributed by atoms with Crippen molar-refractivity contribution in [1.29, 1.82) is 0 Å². The van der Waals surface area contributed by atoms with E-state index in [9.17, 15) is 0 Å². The maximum atomic E-state index is 2.67. The van der Waals surface area contributed by atoms with Gasteiger partial charge in [-0.3, -0.25) is 0 Å². The predicted octanol–water partition coefficient (Wildman–Crippen LogP) is 2.76. The van der Waals surface area contributed by atoms with Crippen molar-refractivity contribution < 1.29 is 0 Å². The van der Waals surface area contributed by atoms with Gasteiger partial charge in [0.2, 0.25) is 0 Å². The van der Waals surface area contributed by atoms with Crippen molar-refractivity contribution in [1.82, 2.24) is 4.90 Å². The van der Waals surface area contributed by atoms with E-state index in [1.54, 1.807) is 0 Å². The van der Waals surface area contributed by atoms with Crippen LogP contribution in [0.2, 0.25) is 0 Å². The lowest BCUT2D eigenvalue weighted by molar-refractivity contribution is 0.0811. The molecule has 2 fully saturated rings. The Morgan fingerprint density at radius 2 is 2.00 bits per heavy atom. The van der Waals surface area contributed by atoms with Gasteiger partial charge in [0.15, 0.2) is 0 Å². The third-order valence-corrected chi connectivity index (χ3v) is 4.28. The van der Waals surface area contributed by atoms with Gasteiger partial charge in [-0.15, -0.1) is 0 Å². The van der Waals surface area contributed by atoms with Crippen LogP contribution in [0.15, 0.2) is 0 Å². The van der Waals surface area contributed by atoms with Gasteiger partial charge in [-0.1, -0.05) is 26.7 Å². The van der Waals surface area contributed by atoms with Gasteiger partial charge in [-0.25, -0.2) is 0 Å². The molecule has 1 saturated carbocycles. The van der Waals surface area contributed by atoms with Gasteiger partial charge in [-0.05, 0) is 37.1 Å². The van der Waals surface area contributed by atoms with Crippen LogP contribution in [0.4, 0.5) is 0 Å². The van der Waals surface area contributed by atoms with Crippen LogP contribution in [0.1, 0.15) is 39.5 Å². The lowest BCUT2D eigenvalue weighted by atomic mass is 9.78. The number of rotatable bonds is 2. The van der Waals surface area contributed by atoms with E-state index in [-0.39, 0.29) is 0 Å². The maximum absolute atomic E-state index is 2.67. The van der Waals surface area contributed by atoms with Crippen molar-refractivity contribution >= 4 is 0 Å². The van der Waals surface area contributed by atoms with Crippen LogP contribution in [-0.4, -0.2) is 24.5 Å². The number of piperidine rings is 1. The zero-order valence-corrected chi connectivity index (χ0v) is 9.13. The van der Waals surface area contributed by atoms with Crippen LogP contribution in [0.25, 0.3) is 0 Å². The zero-order valence-electron chi connectivity index (χ0n) is 9.13. The summed E-state index contributed by atoms with van der Waals surface area (Å²) in [7, 11) is 0. The van der Waals surface area contributed by atoms with Crippen molar-refractivity contribution in [3.8, 4) is 0 Å². The molecule has 0 N–H and O–H groups in total. The SMILES string of the molecule is CC[C@H]1CN(CC)CC2CCC[C@@H]21. The molecule has 3 atom stereocenters. The van der Waals surface area contributed by atoms with Crippen LogP contribution in [-0.2, 0) is 0 Å². The van der Waals surface area contributed by atoms with E-state index in [4.69, 9.17) is 0 Å². The Morgan fingerprint density at radius 1 is 1.15 bits per heavy atom. The molecule has 1 nitrogen and oxygen atoms in total. The highest BCUT2D eigenvalue weighted by Gasteiger charge is 2.37. The second-order valence-corrected chi connectivity index (χ2v) is 4.88. The Hall–Kier alpha value is -0.0400. The van der Waals surface area contributed by atoms with Gasteiger partial charge in [0.1, 0.15) is 0 Å². The number of nitrogens with zero attached hydrogens (tertiary/aromatic N) is 1. The quantitative estimate of drug-likeness (QED) is 0.633. The summed E-state index contributed by atoms with van der Waals surface area (Å²) in [5.74, 6) is 3.16. The number of hydrogen-bond acceptors (Lipinski definition) is 1. The summed E-state index contributed by atoms with van der Waals surface area (Å²) in [6.45, 7) is 8.73. The van der Waals surface area contributed by atoms with E-state index < -0.39 is 0 Å². The van der Waals surface area contributed by atoms with E-state index in [1.165, 1.54) is 45.3 Å². The van der Waals surface area contributed by atoms with E-state index >= 15 is 0 Å². The van der Waals surface area contributed by atoms with E-state index in [0.29, 0.717) is 0 Å². The third-order valence-electron chi connectivity index (χ3n) is 4.28. The fourth-order valence-corrected chi connectivity index (χ4v) is 3.48. The highest BCUT2D eigenvalue weighted by molar-refractivity contribution is 4.89. The largest absolute Gasteiger partial charge is 0.303 e. The average molecular weight is 181 g/mol. The molecule has 0 spiro atoms. The smallest absolute Gasteiger partial charge is 0.00124 e. The summed E-state index contributed by atoms with van der Waals surface area (Å²) in [5.41, 5.74) is 0. The van der Waals surface area contributed by atoms with Crippen molar-refractivity contribution in [2.75, 3.05) is 19.6 Å². The third kappa shape index (κ3) is 1.76. The molecule has 1 saturated heterocycles. The van der Waals surface area contributed by atoms with Gasteiger partial charge in [0, 0.05) is 13.1 Å². The average Bonchev–Trinajstić information content (AvgIpc) is 2.63. The molecule has 76 valence electrons. The highest BCUT2D eigenvalue weighted by Crippen LogP contribution is 2.41. The molecule has 0 aromatic heterocycles. The fourth-order valence-electron chi connectivity index (χ4n) is 3.48. The van der Waals surface area contributed by atoms with Crippen molar-refractivity contribution in [2.24, 2.45) is 17.8 Å². The number of fused-ring (bicyclic) bond motifs is 1. The summed E-state index contributed by atoms with van der Waals surface area (Å²) in [6.07, 6.45) is 5.94. The monoisotopic (exact) mass is 181 g/mol. The van der Waals surface area contributed by atoms with E-state index in [0.717, 1.165) is 17.8 Å². The highest BCUT2D eigenvalue weighted by atomic mass is 15.1. The standard InChI is InChI=1S/C12H23N/c1-3-10-8-13(4-2)9-11-6-5-7-12(10)11/h10-12H,3-9H2,1-2H3/t10-,11?,12+/m0/s1. The Balaban J connectivity index is 2.01. The minimum Gasteiger partial charge on any atom is -0.303 e. The molecule has 2 rings (SSSR count). The van der Waals surface area contributed by atoms with Gasteiger partial charge < -0.3 is 4.90 Å². The zero-order chi connectivity index (χ0) is 9.26. The first-order valence-electron chi connectivity index (χ1n) is 6.07. The first-order valence-corrected chi connectivity index (χ1v) is 6.07. The first-order chi connectivity index (χ1) is 6.35. The van der Waals surface area contributed by atoms with Crippen LogP contribution in [0.5, 0.6) is 0 Å². The van der Waals surface area contributed by atoms with Crippen LogP contribution >= 0.6 is 0 Å².